The molecule has 2 amide bonds. The summed E-state index contributed by atoms with van der Waals surface area (Å²) in [5.41, 5.74) is 1.58. The molecule has 0 saturated carbocycles. The maximum atomic E-state index is 12.7. The fraction of sp³-hybridized carbons (Fsp3) is 0.440. The molecule has 6 nitrogen and oxygen atoms in total. The van der Waals surface area contributed by atoms with Crippen molar-refractivity contribution in [1.29, 1.82) is 0 Å². The first-order valence-electron chi connectivity index (χ1n) is 11.2. The first-order chi connectivity index (χ1) is 15.1. The van der Waals surface area contributed by atoms with Gasteiger partial charge in [-0.2, -0.15) is 0 Å². The van der Waals surface area contributed by atoms with Crippen molar-refractivity contribution in [2.24, 2.45) is 5.92 Å². The minimum atomic E-state index is 0.0538. The fourth-order valence-corrected chi connectivity index (χ4v) is 4.64. The number of rotatable bonds is 5. The zero-order valence-corrected chi connectivity index (χ0v) is 18.1. The molecule has 2 saturated heterocycles. The number of carbonyl (C=O) groups is 2. The van der Waals surface area contributed by atoms with E-state index in [2.05, 4.69) is 10.2 Å². The van der Waals surface area contributed by atoms with Crippen molar-refractivity contribution in [3.8, 4) is 5.75 Å². The number of likely N-dealkylation sites (tertiary alicyclic amines) is 2. The molecule has 0 spiro atoms. The second kappa shape index (κ2) is 9.96. The molecular weight excluding hydrogens is 390 g/mol. The van der Waals surface area contributed by atoms with E-state index < -0.39 is 0 Å². The second-order valence-electron chi connectivity index (χ2n) is 8.42. The fourth-order valence-electron chi connectivity index (χ4n) is 4.64. The number of carbonyl (C=O) groups excluding carboxylic acids is 2. The number of nitrogens with zero attached hydrogens (tertiary/aromatic N) is 2. The molecule has 2 aliphatic heterocycles. The van der Waals surface area contributed by atoms with Gasteiger partial charge in [0.05, 0.1) is 7.11 Å². The molecule has 0 bridgehead atoms. The summed E-state index contributed by atoms with van der Waals surface area (Å²) >= 11 is 0. The third-order valence-electron chi connectivity index (χ3n) is 6.55. The van der Waals surface area contributed by atoms with Crippen LogP contribution in [0.25, 0.3) is 0 Å². The van der Waals surface area contributed by atoms with Crippen molar-refractivity contribution in [1.82, 2.24) is 9.80 Å². The third-order valence-corrected chi connectivity index (χ3v) is 6.55. The summed E-state index contributed by atoms with van der Waals surface area (Å²) in [6.45, 7) is 3.49. The lowest BCUT2D eigenvalue weighted by Gasteiger charge is -2.41. The standard InChI is InChI=1S/C25H31N3O3/c1-31-23-9-7-21(8-10-23)26-24(29)19-11-15-27(16-12-19)22-13-17-28(18-14-22)25(30)20-5-3-2-4-6-20/h2-10,19,22H,11-18H2,1H3,(H,26,29). The Bertz CT molecular complexity index is 869. The summed E-state index contributed by atoms with van der Waals surface area (Å²) in [4.78, 5) is 29.8. The maximum Gasteiger partial charge on any atom is 0.253 e. The topological polar surface area (TPSA) is 61.9 Å². The first kappa shape index (κ1) is 21.4. The molecule has 2 aromatic carbocycles. The Morgan fingerprint density at radius 2 is 1.52 bits per heavy atom. The van der Waals surface area contributed by atoms with E-state index in [1.54, 1.807) is 7.11 Å². The largest absolute Gasteiger partial charge is 0.497 e. The predicted octanol–water partition coefficient (Wildman–Crippen LogP) is 3.65. The Kier molecular flexibility index (Phi) is 6.87. The molecule has 0 atom stereocenters. The lowest BCUT2D eigenvalue weighted by atomic mass is 9.92. The predicted molar refractivity (Wildman–Crippen MR) is 121 cm³/mol. The normalized spacial score (nSPS) is 18.5. The van der Waals surface area contributed by atoms with Crippen molar-refractivity contribution in [2.45, 2.75) is 31.7 Å². The summed E-state index contributed by atoms with van der Waals surface area (Å²) in [5.74, 6) is 1.07. The van der Waals surface area contributed by atoms with Gasteiger partial charge in [0.15, 0.2) is 0 Å². The highest BCUT2D eigenvalue weighted by Gasteiger charge is 2.31. The average molecular weight is 422 g/mol. The van der Waals surface area contributed by atoms with Gasteiger partial charge in [-0.1, -0.05) is 18.2 Å². The van der Waals surface area contributed by atoms with Crippen LogP contribution < -0.4 is 10.1 Å². The Hall–Kier alpha value is -2.86. The van der Waals surface area contributed by atoms with Crippen LogP contribution in [-0.4, -0.2) is 60.9 Å². The molecule has 0 radical (unpaired) electrons. The van der Waals surface area contributed by atoms with Gasteiger partial charge in [0.2, 0.25) is 5.91 Å². The number of amides is 2. The molecule has 164 valence electrons. The van der Waals surface area contributed by atoms with Gasteiger partial charge in [0, 0.05) is 36.3 Å². The van der Waals surface area contributed by atoms with Crippen molar-refractivity contribution in [3.63, 3.8) is 0 Å². The Morgan fingerprint density at radius 1 is 0.871 bits per heavy atom. The van der Waals surface area contributed by atoms with Crippen LogP contribution in [0, 0.1) is 5.92 Å². The summed E-state index contributed by atoms with van der Waals surface area (Å²) in [6.07, 6.45) is 3.76. The van der Waals surface area contributed by atoms with Crippen LogP contribution in [0.4, 0.5) is 5.69 Å². The van der Waals surface area contributed by atoms with Gasteiger partial charge in [0.1, 0.15) is 5.75 Å². The Labute approximate surface area is 184 Å². The molecular formula is C25H31N3O3. The lowest BCUT2D eigenvalue weighted by Crippen LogP contribution is -2.49. The Morgan fingerprint density at radius 3 is 2.13 bits per heavy atom. The molecule has 31 heavy (non-hydrogen) atoms. The van der Waals surface area contributed by atoms with E-state index in [0.717, 1.165) is 68.9 Å². The molecule has 6 heteroatoms. The van der Waals surface area contributed by atoms with Crippen LogP contribution in [0.5, 0.6) is 5.75 Å². The summed E-state index contributed by atoms with van der Waals surface area (Å²) in [7, 11) is 1.63. The summed E-state index contributed by atoms with van der Waals surface area (Å²) < 4.78 is 5.16. The van der Waals surface area contributed by atoms with Gasteiger partial charge in [-0.25, -0.2) is 0 Å². The minimum Gasteiger partial charge on any atom is -0.497 e. The zero-order valence-electron chi connectivity index (χ0n) is 18.1. The van der Waals surface area contributed by atoms with E-state index in [-0.39, 0.29) is 17.7 Å². The highest BCUT2D eigenvalue weighted by atomic mass is 16.5. The van der Waals surface area contributed by atoms with Crippen molar-refractivity contribution >= 4 is 17.5 Å². The van der Waals surface area contributed by atoms with Gasteiger partial charge in [0.25, 0.3) is 5.91 Å². The number of benzene rings is 2. The van der Waals surface area contributed by atoms with E-state index >= 15 is 0 Å². The molecule has 2 heterocycles. The molecule has 0 aromatic heterocycles. The van der Waals surface area contributed by atoms with Crippen LogP contribution in [0.3, 0.4) is 0 Å². The average Bonchev–Trinajstić information content (AvgIpc) is 2.85. The van der Waals surface area contributed by atoms with Crippen LogP contribution in [0.2, 0.25) is 0 Å². The Balaban J connectivity index is 1.22. The molecule has 4 rings (SSSR count). The van der Waals surface area contributed by atoms with Gasteiger partial charge < -0.3 is 19.9 Å². The number of hydrogen-bond acceptors (Lipinski definition) is 4. The minimum absolute atomic E-state index is 0.0538. The summed E-state index contributed by atoms with van der Waals surface area (Å²) in [6, 6.07) is 17.5. The van der Waals surface area contributed by atoms with Crippen LogP contribution in [0.15, 0.2) is 54.6 Å². The zero-order chi connectivity index (χ0) is 21.6. The van der Waals surface area contributed by atoms with Gasteiger partial charge in [-0.3, -0.25) is 9.59 Å². The lowest BCUT2D eigenvalue weighted by molar-refractivity contribution is -0.121. The monoisotopic (exact) mass is 421 g/mol. The molecule has 1 N–H and O–H groups in total. The number of ether oxygens (including phenoxy) is 1. The molecule has 0 aliphatic carbocycles. The van der Waals surface area contributed by atoms with Crippen LogP contribution in [0.1, 0.15) is 36.0 Å². The van der Waals surface area contributed by atoms with E-state index in [0.29, 0.717) is 6.04 Å². The SMILES string of the molecule is COc1ccc(NC(=O)C2CCN(C3CCN(C(=O)c4ccccc4)CC3)CC2)cc1. The second-order valence-corrected chi connectivity index (χ2v) is 8.42. The molecule has 2 fully saturated rings. The molecule has 2 aromatic rings. The number of nitrogens with one attached hydrogen (secondary N) is 1. The van der Waals surface area contributed by atoms with E-state index in [1.807, 2.05) is 59.5 Å². The smallest absolute Gasteiger partial charge is 0.253 e. The number of anilines is 1. The van der Waals surface area contributed by atoms with Crippen molar-refractivity contribution in [2.75, 3.05) is 38.6 Å². The van der Waals surface area contributed by atoms with E-state index in [9.17, 15) is 9.59 Å². The number of piperidine rings is 2. The van der Waals surface area contributed by atoms with Crippen LogP contribution in [-0.2, 0) is 4.79 Å². The first-order valence-corrected chi connectivity index (χ1v) is 11.2. The molecule has 0 unspecified atom stereocenters. The number of hydrogen-bond donors (Lipinski definition) is 1. The third kappa shape index (κ3) is 5.25. The van der Waals surface area contributed by atoms with Gasteiger partial charge in [-0.05, 0) is 75.2 Å². The quantitative estimate of drug-likeness (QED) is 0.801. The van der Waals surface area contributed by atoms with Crippen molar-refractivity contribution in [3.05, 3.63) is 60.2 Å². The molecule has 2 aliphatic rings. The maximum absolute atomic E-state index is 12.7. The highest BCUT2D eigenvalue weighted by molar-refractivity contribution is 5.94. The van der Waals surface area contributed by atoms with Crippen LogP contribution >= 0.6 is 0 Å². The summed E-state index contributed by atoms with van der Waals surface area (Å²) in [5, 5.41) is 3.03. The highest BCUT2D eigenvalue weighted by Crippen LogP contribution is 2.26. The van der Waals surface area contributed by atoms with Crippen molar-refractivity contribution < 1.29 is 14.3 Å². The number of methoxy groups -OCH3 is 1. The van der Waals surface area contributed by atoms with Gasteiger partial charge in [-0.15, -0.1) is 0 Å². The van der Waals surface area contributed by atoms with Gasteiger partial charge >= 0.3 is 0 Å². The van der Waals surface area contributed by atoms with E-state index in [1.165, 1.54) is 0 Å². The van der Waals surface area contributed by atoms with E-state index in [4.69, 9.17) is 4.74 Å².